The predicted molar refractivity (Wildman–Crippen MR) is 64.0 cm³/mol. The van der Waals surface area contributed by atoms with Crippen molar-refractivity contribution in [3.05, 3.63) is 12.7 Å². The van der Waals surface area contributed by atoms with Crippen molar-refractivity contribution in [2.75, 3.05) is 26.8 Å². The maximum atomic E-state index is 12.0. The van der Waals surface area contributed by atoms with Crippen molar-refractivity contribution in [2.45, 2.75) is 31.2 Å². The number of nitrogens with zero attached hydrogens (tertiary/aromatic N) is 1. The monoisotopic (exact) mass is 226 g/mol. The normalized spacial score (nSPS) is 17.6. The first-order chi connectivity index (χ1) is 7.61. The van der Waals surface area contributed by atoms with Crippen LogP contribution < -0.4 is 5.73 Å². The summed E-state index contributed by atoms with van der Waals surface area (Å²) in [6, 6.07) is 0. The van der Waals surface area contributed by atoms with E-state index in [1.54, 1.807) is 18.1 Å². The van der Waals surface area contributed by atoms with E-state index in [2.05, 4.69) is 6.58 Å². The van der Waals surface area contributed by atoms with Crippen LogP contribution in [0.2, 0.25) is 0 Å². The molecular weight excluding hydrogens is 204 g/mol. The second-order valence-corrected chi connectivity index (χ2v) is 4.51. The number of ether oxygens (including phenoxy) is 1. The number of nitrogens with two attached hydrogens (primary N) is 1. The first-order valence-corrected chi connectivity index (χ1v) is 5.78. The van der Waals surface area contributed by atoms with Gasteiger partial charge in [0.05, 0.1) is 6.61 Å². The van der Waals surface area contributed by atoms with Gasteiger partial charge in [-0.05, 0) is 19.3 Å². The van der Waals surface area contributed by atoms with Gasteiger partial charge in [-0.2, -0.15) is 0 Å². The van der Waals surface area contributed by atoms with Gasteiger partial charge in [-0.3, -0.25) is 4.79 Å². The highest BCUT2D eigenvalue weighted by Crippen LogP contribution is 2.32. The van der Waals surface area contributed by atoms with Gasteiger partial charge in [-0.15, -0.1) is 6.58 Å². The fourth-order valence-electron chi connectivity index (χ4n) is 1.90. The Hall–Kier alpha value is -0.870. The summed E-state index contributed by atoms with van der Waals surface area (Å²) < 4.78 is 4.98. The van der Waals surface area contributed by atoms with Gasteiger partial charge < -0.3 is 15.4 Å². The average molecular weight is 226 g/mol. The fraction of sp³-hybridized carbons (Fsp3) is 0.750. The van der Waals surface area contributed by atoms with Crippen LogP contribution in [0.15, 0.2) is 12.7 Å². The molecule has 1 rings (SSSR count). The second kappa shape index (κ2) is 6.01. The lowest BCUT2D eigenvalue weighted by atomic mass is 9.75. The SMILES string of the molecule is C=CCN(CCOC)C(=O)CC1(N)CCC1. The summed E-state index contributed by atoms with van der Waals surface area (Å²) in [6.07, 6.45) is 5.25. The molecule has 0 radical (unpaired) electrons. The second-order valence-electron chi connectivity index (χ2n) is 4.51. The molecule has 4 heteroatoms. The zero-order chi connectivity index (χ0) is 12.0. The molecule has 0 aromatic carbocycles. The zero-order valence-electron chi connectivity index (χ0n) is 10.1. The number of hydrogen-bond donors (Lipinski definition) is 1. The summed E-state index contributed by atoms with van der Waals surface area (Å²) in [5, 5.41) is 0. The first-order valence-electron chi connectivity index (χ1n) is 5.78. The number of hydrogen-bond acceptors (Lipinski definition) is 3. The summed E-state index contributed by atoms with van der Waals surface area (Å²) in [5.41, 5.74) is 5.82. The molecule has 1 saturated carbocycles. The Morgan fingerprint density at radius 3 is 2.75 bits per heavy atom. The Labute approximate surface area is 97.4 Å². The first kappa shape index (κ1) is 13.2. The van der Waals surface area contributed by atoms with E-state index in [-0.39, 0.29) is 11.4 Å². The lowest BCUT2D eigenvalue weighted by Gasteiger charge is -2.38. The van der Waals surface area contributed by atoms with Gasteiger partial charge in [0.2, 0.25) is 5.91 Å². The smallest absolute Gasteiger partial charge is 0.224 e. The summed E-state index contributed by atoms with van der Waals surface area (Å²) >= 11 is 0. The van der Waals surface area contributed by atoms with Crippen LogP contribution in [-0.4, -0.2) is 43.2 Å². The molecule has 0 aromatic rings. The van der Waals surface area contributed by atoms with Crippen LogP contribution in [0.4, 0.5) is 0 Å². The predicted octanol–water partition coefficient (Wildman–Crippen LogP) is 0.919. The number of carbonyl (C=O) groups is 1. The zero-order valence-corrected chi connectivity index (χ0v) is 10.1. The van der Waals surface area contributed by atoms with Crippen LogP contribution in [0.1, 0.15) is 25.7 Å². The van der Waals surface area contributed by atoms with Gasteiger partial charge in [0.15, 0.2) is 0 Å². The van der Waals surface area contributed by atoms with E-state index in [0.717, 1.165) is 19.3 Å². The van der Waals surface area contributed by atoms with Crippen molar-refractivity contribution >= 4 is 5.91 Å². The van der Waals surface area contributed by atoms with Gasteiger partial charge in [-0.25, -0.2) is 0 Å². The summed E-state index contributed by atoms with van der Waals surface area (Å²) in [4.78, 5) is 13.7. The number of methoxy groups -OCH3 is 1. The highest BCUT2D eigenvalue weighted by Gasteiger charge is 2.35. The molecule has 0 aromatic heterocycles. The lowest BCUT2D eigenvalue weighted by Crippen LogP contribution is -2.51. The molecule has 16 heavy (non-hydrogen) atoms. The van der Waals surface area contributed by atoms with Crippen LogP contribution in [0, 0.1) is 0 Å². The maximum Gasteiger partial charge on any atom is 0.224 e. The highest BCUT2D eigenvalue weighted by molar-refractivity contribution is 5.77. The topological polar surface area (TPSA) is 55.6 Å². The number of carbonyl (C=O) groups excluding carboxylic acids is 1. The number of rotatable bonds is 7. The van der Waals surface area contributed by atoms with Crippen LogP contribution in [0.5, 0.6) is 0 Å². The summed E-state index contributed by atoms with van der Waals surface area (Å²) in [5.74, 6) is 0.110. The summed E-state index contributed by atoms with van der Waals surface area (Å²) in [6.45, 7) is 5.38. The third kappa shape index (κ3) is 3.61. The van der Waals surface area contributed by atoms with Gasteiger partial charge in [0.1, 0.15) is 0 Å². The molecule has 0 aliphatic heterocycles. The van der Waals surface area contributed by atoms with E-state index in [0.29, 0.717) is 26.1 Å². The van der Waals surface area contributed by atoms with E-state index in [4.69, 9.17) is 10.5 Å². The van der Waals surface area contributed by atoms with Gasteiger partial charge in [0, 0.05) is 32.2 Å². The molecule has 0 spiro atoms. The molecule has 0 saturated heterocycles. The molecule has 1 fully saturated rings. The summed E-state index contributed by atoms with van der Waals surface area (Å²) in [7, 11) is 1.63. The molecular formula is C12H22N2O2. The Balaban J connectivity index is 2.42. The minimum atomic E-state index is -0.246. The highest BCUT2D eigenvalue weighted by atomic mass is 16.5. The van der Waals surface area contributed by atoms with E-state index < -0.39 is 0 Å². The third-order valence-electron chi connectivity index (χ3n) is 3.12. The largest absolute Gasteiger partial charge is 0.383 e. The van der Waals surface area contributed by atoms with Crippen LogP contribution in [-0.2, 0) is 9.53 Å². The molecule has 4 nitrogen and oxygen atoms in total. The van der Waals surface area contributed by atoms with E-state index in [9.17, 15) is 4.79 Å². The average Bonchev–Trinajstić information content (AvgIpc) is 2.21. The molecule has 2 N–H and O–H groups in total. The van der Waals surface area contributed by atoms with E-state index >= 15 is 0 Å². The van der Waals surface area contributed by atoms with Crippen molar-refractivity contribution in [1.29, 1.82) is 0 Å². The standard InChI is InChI=1S/C12H22N2O2/c1-3-7-14(8-9-16-2)11(15)10-12(13)5-4-6-12/h3H,1,4-10,13H2,2H3. The Kier molecular flexibility index (Phi) is 4.96. The van der Waals surface area contributed by atoms with Crippen molar-refractivity contribution in [1.82, 2.24) is 4.90 Å². The van der Waals surface area contributed by atoms with Crippen LogP contribution >= 0.6 is 0 Å². The molecule has 0 unspecified atom stereocenters. The molecule has 0 heterocycles. The number of amides is 1. The Bertz CT molecular complexity index is 249. The maximum absolute atomic E-state index is 12.0. The van der Waals surface area contributed by atoms with E-state index in [1.165, 1.54) is 0 Å². The minimum Gasteiger partial charge on any atom is -0.383 e. The van der Waals surface area contributed by atoms with Gasteiger partial charge in [0.25, 0.3) is 0 Å². The van der Waals surface area contributed by atoms with Crippen LogP contribution in [0.25, 0.3) is 0 Å². The molecule has 1 aliphatic rings. The Morgan fingerprint density at radius 1 is 1.62 bits per heavy atom. The Morgan fingerprint density at radius 2 is 2.31 bits per heavy atom. The quantitative estimate of drug-likeness (QED) is 0.657. The third-order valence-corrected chi connectivity index (χ3v) is 3.12. The minimum absolute atomic E-state index is 0.110. The molecule has 0 atom stereocenters. The fourth-order valence-corrected chi connectivity index (χ4v) is 1.90. The van der Waals surface area contributed by atoms with Gasteiger partial charge in [-0.1, -0.05) is 6.08 Å². The molecule has 1 amide bonds. The molecule has 92 valence electrons. The lowest BCUT2D eigenvalue weighted by molar-refractivity contribution is -0.133. The van der Waals surface area contributed by atoms with Crippen molar-refractivity contribution in [3.8, 4) is 0 Å². The van der Waals surface area contributed by atoms with Crippen molar-refractivity contribution < 1.29 is 9.53 Å². The molecule has 0 bridgehead atoms. The molecule has 1 aliphatic carbocycles. The van der Waals surface area contributed by atoms with Crippen LogP contribution in [0.3, 0.4) is 0 Å². The van der Waals surface area contributed by atoms with Gasteiger partial charge >= 0.3 is 0 Å². The van der Waals surface area contributed by atoms with E-state index in [1.807, 2.05) is 0 Å². The van der Waals surface area contributed by atoms with Crippen molar-refractivity contribution in [3.63, 3.8) is 0 Å². The van der Waals surface area contributed by atoms with Crippen molar-refractivity contribution in [2.24, 2.45) is 5.73 Å².